The highest BCUT2D eigenvalue weighted by Gasteiger charge is 2.16. The van der Waals surface area contributed by atoms with Gasteiger partial charge in [0.1, 0.15) is 12.2 Å². The van der Waals surface area contributed by atoms with Crippen LogP contribution in [0.3, 0.4) is 0 Å². The van der Waals surface area contributed by atoms with E-state index in [1.165, 1.54) is 64.2 Å². The van der Waals surface area contributed by atoms with Crippen molar-refractivity contribution in [3.63, 3.8) is 0 Å². The second-order valence-corrected chi connectivity index (χ2v) is 26.5. The van der Waals surface area contributed by atoms with Crippen LogP contribution in [0.1, 0.15) is 330 Å². The Labute approximate surface area is 609 Å². The molecule has 564 valence electrons. The molecule has 0 saturated heterocycles. The molecular weight excluding hydrogens is 1220 g/mol. The molecule has 0 aliphatic rings. The molecule has 0 aromatic carbocycles. The highest BCUT2D eigenvalue weighted by atomic mass is 16.6. The second-order valence-electron chi connectivity index (χ2n) is 26.5. The SMILES string of the molecule is CC/C=C/C/C=C/C/C=C/C/C=C/C/C=C/CCCC(=O)OC(C/C=C/CCCCCCCCOC(=O)CCN(CCCN(CC)CC)CCC(=O)OCCCCCCCC/C=C/CC(CCCCCC)OC(=O)CCC/C=C/C/C=C/C/C=C/C/C=C/C/C=C/CC)CCCCCC. The monoisotopic (exact) mass is 1380 g/mol. The van der Waals surface area contributed by atoms with Gasteiger partial charge in [-0.25, -0.2) is 0 Å². The molecule has 2 atom stereocenters. The maximum atomic E-state index is 12.9. The van der Waals surface area contributed by atoms with E-state index in [0.717, 1.165) is 225 Å². The Bertz CT molecular complexity index is 2060. The van der Waals surface area contributed by atoms with Gasteiger partial charge in [0.05, 0.1) is 26.1 Å². The fourth-order valence-electron chi connectivity index (χ4n) is 11.3. The van der Waals surface area contributed by atoms with E-state index in [0.29, 0.717) is 52.0 Å². The number of hydrogen-bond donors (Lipinski definition) is 0. The quantitative estimate of drug-likeness (QED) is 0.0253. The zero-order chi connectivity index (χ0) is 71.9. The van der Waals surface area contributed by atoms with Crippen molar-refractivity contribution in [2.75, 3.05) is 52.5 Å². The highest BCUT2D eigenvalue weighted by molar-refractivity contribution is 5.70. The summed E-state index contributed by atoms with van der Waals surface area (Å²) >= 11 is 0. The van der Waals surface area contributed by atoms with E-state index in [1.54, 1.807) is 0 Å². The third-order valence-electron chi connectivity index (χ3n) is 17.5. The van der Waals surface area contributed by atoms with Gasteiger partial charge in [-0.2, -0.15) is 0 Å². The van der Waals surface area contributed by atoms with Crippen LogP contribution in [0, 0.1) is 0 Å². The Morgan fingerprint density at radius 1 is 0.273 bits per heavy atom. The van der Waals surface area contributed by atoms with Gasteiger partial charge in [-0.3, -0.25) is 19.2 Å². The minimum absolute atomic E-state index is 0.0406. The molecule has 99 heavy (non-hydrogen) atoms. The molecule has 10 heteroatoms. The minimum atomic E-state index is -0.165. The topological polar surface area (TPSA) is 112 Å². The van der Waals surface area contributed by atoms with Crippen LogP contribution >= 0.6 is 0 Å². The maximum Gasteiger partial charge on any atom is 0.307 e. The number of hydrogen-bond acceptors (Lipinski definition) is 10. The number of ether oxygens (including phenoxy) is 4. The lowest BCUT2D eigenvalue weighted by Crippen LogP contribution is -2.33. The molecule has 0 aliphatic heterocycles. The molecule has 0 N–H and O–H groups in total. The Balaban J connectivity index is 4.44. The summed E-state index contributed by atoms with van der Waals surface area (Å²) in [4.78, 5) is 56.0. The van der Waals surface area contributed by atoms with Gasteiger partial charge < -0.3 is 28.7 Å². The van der Waals surface area contributed by atoms with Gasteiger partial charge in [0.15, 0.2) is 0 Å². The molecule has 10 nitrogen and oxygen atoms in total. The van der Waals surface area contributed by atoms with Gasteiger partial charge in [0.2, 0.25) is 0 Å². The van der Waals surface area contributed by atoms with Crippen molar-refractivity contribution in [1.82, 2.24) is 9.80 Å². The molecule has 0 saturated carbocycles. The summed E-state index contributed by atoms with van der Waals surface area (Å²) in [5, 5.41) is 0. The summed E-state index contributed by atoms with van der Waals surface area (Å²) in [6, 6.07) is 0. The Kier molecular flexibility index (Phi) is 74.2. The van der Waals surface area contributed by atoms with Crippen LogP contribution in [0.25, 0.3) is 0 Å². The van der Waals surface area contributed by atoms with E-state index in [2.05, 4.69) is 197 Å². The molecule has 0 spiro atoms. The lowest BCUT2D eigenvalue weighted by molar-refractivity contribution is -0.150. The van der Waals surface area contributed by atoms with E-state index < -0.39 is 0 Å². The van der Waals surface area contributed by atoms with Crippen LogP contribution in [0.15, 0.2) is 146 Å². The van der Waals surface area contributed by atoms with Crippen LogP contribution < -0.4 is 0 Å². The van der Waals surface area contributed by atoms with E-state index in [9.17, 15) is 19.2 Å². The number of esters is 4. The lowest BCUT2D eigenvalue weighted by Gasteiger charge is -2.24. The molecule has 0 amide bonds. The fourth-order valence-corrected chi connectivity index (χ4v) is 11.3. The molecule has 0 aliphatic carbocycles. The standard InChI is InChI=1S/C89H150N2O8/c1-7-13-17-21-23-25-27-29-31-33-35-37-39-45-51-57-65-74-88(94)98-84(70-61-19-15-9-3)72-63-55-49-43-41-47-53-59-67-82-96-86(92)76-80-91(79-69-78-90(11-5)12-6)81-77-87(93)97-83-68-60-54-48-42-44-50-56-64-73-85(71-62-20-16-10-4)99-89(95)75-66-58-52-46-40-38-36-34-32-30-28-26-24-22-18-14-8-2/h13-14,17-18,23-26,29-32,35-38,45-46,51-52,55-56,63-64,84-85H,7-12,15-16,19-22,27-28,33-34,39-44,47-50,53-54,57-62,65-83H2,1-6H3/b17-13+,18-14+,25-23+,26-24+,31-29+,32-30+,37-35+,38-36+,51-45+,52-46+,63-55+,64-56+. The van der Waals surface area contributed by atoms with Gasteiger partial charge in [-0.15, -0.1) is 0 Å². The van der Waals surface area contributed by atoms with Crippen molar-refractivity contribution in [3.05, 3.63) is 146 Å². The van der Waals surface area contributed by atoms with Gasteiger partial charge in [0.25, 0.3) is 0 Å². The number of allylic oxidation sites excluding steroid dienone is 22. The second kappa shape index (κ2) is 78.4. The summed E-state index contributed by atoms with van der Waals surface area (Å²) in [5.74, 6) is -0.473. The Hall–Kier alpha value is -5.32. The third-order valence-corrected chi connectivity index (χ3v) is 17.5. The van der Waals surface area contributed by atoms with E-state index in [-0.39, 0.29) is 36.1 Å². The van der Waals surface area contributed by atoms with Crippen molar-refractivity contribution < 1.29 is 38.1 Å². The average Bonchev–Trinajstić information content (AvgIpc) is 3.05. The van der Waals surface area contributed by atoms with Crippen LogP contribution in [0.5, 0.6) is 0 Å². The van der Waals surface area contributed by atoms with Gasteiger partial charge in [-0.05, 0) is 187 Å². The summed E-state index contributed by atoms with van der Waals surface area (Å²) in [7, 11) is 0. The lowest BCUT2D eigenvalue weighted by atomic mass is 10.1. The Morgan fingerprint density at radius 3 is 0.929 bits per heavy atom. The first-order chi connectivity index (χ1) is 48.7. The van der Waals surface area contributed by atoms with Crippen molar-refractivity contribution in [3.8, 4) is 0 Å². The van der Waals surface area contributed by atoms with E-state index in [1.807, 2.05) is 0 Å². The van der Waals surface area contributed by atoms with Gasteiger partial charge in [-0.1, -0.05) is 277 Å². The average molecular weight is 1380 g/mol. The summed E-state index contributed by atoms with van der Waals surface area (Å²) in [6.45, 7) is 19.0. The minimum Gasteiger partial charge on any atom is -0.466 e. The van der Waals surface area contributed by atoms with Crippen LogP contribution in [-0.2, 0) is 38.1 Å². The summed E-state index contributed by atoms with van der Waals surface area (Å²) in [6.07, 6.45) is 97.0. The number of unbranched alkanes of at least 4 members (excludes halogenated alkanes) is 20. The summed E-state index contributed by atoms with van der Waals surface area (Å²) in [5.41, 5.74) is 0. The molecule has 0 heterocycles. The first-order valence-electron chi connectivity index (χ1n) is 40.7. The summed E-state index contributed by atoms with van der Waals surface area (Å²) < 4.78 is 23.3. The molecule has 0 radical (unpaired) electrons. The highest BCUT2D eigenvalue weighted by Crippen LogP contribution is 2.18. The van der Waals surface area contributed by atoms with Crippen LogP contribution in [0.4, 0.5) is 0 Å². The van der Waals surface area contributed by atoms with E-state index >= 15 is 0 Å². The molecule has 2 unspecified atom stereocenters. The largest absolute Gasteiger partial charge is 0.466 e. The predicted molar refractivity (Wildman–Crippen MR) is 426 cm³/mol. The molecular formula is C89H150N2O8. The molecule has 0 aromatic heterocycles. The first-order valence-corrected chi connectivity index (χ1v) is 40.7. The normalized spacial score (nSPS) is 13.3. The molecule has 0 bridgehead atoms. The van der Waals surface area contributed by atoms with Crippen molar-refractivity contribution in [2.24, 2.45) is 0 Å². The number of nitrogens with zero attached hydrogens (tertiary/aromatic N) is 2. The van der Waals surface area contributed by atoms with Crippen LogP contribution in [0.2, 0.25) is 0 Å². The zero-order valence-corrected chi connectivity index (χ0v) is 64.6. The van der Waals surface area contributed by atoms with Crippen molar-refractivity contribution in [2.45, 2.75) is 343 Å². The number of carbonyl (C=O) groups is 4. The van der Waals surface area contributed by atoms with Crippen LogP contribution in [-0.4, -0.2) is 98.4 Å². The van der Waals surface area contributed by atoms with Gasteiger partial charge >= 0.3 is 23.9 Å². The molecule has 0 rings (SSSR count). The predicted octanol–water partition coefficient (Wildman–Crippen LogP) is 24.8. The van der Waals surface area contributed by atoms with Crippen molar-refractivity contribution >= 4 is 23.9 Å². The molecule has 0 fully saturated rings. The fraction of sp³-hybridized carbons (Fsp3) is 0.685. The smallest absolute Gasteiger partial charge is 0.307 e. The Morgan fingerprint density at radius 2 is 0.576 bits per heavy atom. The first kappa shape index (κ1) is 93.7. The van der Waals surface area contributed by atoms with Crippen molar-refractivity contribution in [1.29, 1.82) is 0 Å². The van der Waals surface area contributed by atoms with Gasteiger partial charge in [0, 0.05) is 38.8 Å². The maximum absolute atomic E-state index is 12.9. The van der Waals surface area contributed by atoms with E-state index in [4.69, 9.17) is 18.9 Å². The zero-order valence-electron chi connectivity index (χ0n) is 64.6. The third kappa shape index (κ3) is 72.3. The number of rotatable bonds is 72. The number of carbonyl (C=O) groups excluding carboxylic acids is 4. The molecule has 0 aromatic rings.